The SMILES string of the molecule is Cc1cc(NC(F)(F)F)ccc1Nc1cc(-c2ccc(O)c(F)c2)[nH]n1. The molecule has 0 fully saturated rings. The van der Waals surface area contributed by atoms with Crippen LogP contribution in [0.1, 0.15) is 5.56 Å². The van der Waals surface area contributed by atoms with Crippen LogP contribution in [0, 0.1) is 12.7 Å². The van der Waals surface area contributed by atoms with E-state index in [1.807, 2.05) is 0 Å². The number of rotatable bonds is 4. The molecule has 0 atom stereocenters. The molecule has 0 saturated carbocycles. The van der Waals surface area contributed by atoms with Crippen molar-refractivity contribution in [1.29, 1.82) is 0 Å². The summed E-state index contributed by atoms with van der Waals surface area (Å²) in [6, 6.07) is 9.69. The lowest BCUT2D eigenvalue weighted by molar-refractivity contribution is -0.0999. The highest BCUT2D eigenvalue weighted by Crippen LogP contribution is 2.28. The van der Waals surface area contributed by atoms with E-state index in [4.69, 9.17) is 0 Å². The Kier molecular flexibility index (Phi) is 4.45. The summed E-state index contributed by atoms with van der Waals surface area (Å²) in [7, 11) is 0. The minimum absolute atomic E-state index is 0.0668. The molecule has 26 heavy (non-hydrogen) atoms. The number of aromatic amines is 1. The Morgan fingerprint density at radius 1 is 1.08 bits per heavy atom. The Morgan fingerprint density at radius 2 is 1.85 bits per heavy atom. The average molecular weight is 366 g/mol. The molecule has 5 nitrogen and oxygen atoms in total. The zero-order valence-corrected chi connectivity index (χ0v) is 13.4. The van der Waals surface area contributed by atoms with E-state index in [1.54, 1.807) is 13.0 Å². The van der Waals surface area contributed by atoms with E-state index in [9.17, 15) is 22.7 Å². The standard InChI is InChI=1S/C17H14F4N4O/c1-9-6-11(23-17(19,20)21)3-4-13(9)22-16-8-14(24-25-16)10-2-5-15(26)12(18)7-10/h2-8,23,26H,1H3,(H2,22,24,25). The highest BCUT2D eigenvalue weighted by atomic mass is 19.4. The number of aryl methyl sites for hydroxylation is 1. The molecule has 0 bridgehead atoms. The van der Waals surface area contributed by atoms with Crippen LogP contribution in [0.15, 0.2) is 42.5 Å². The van der Waals surface area contributed by atoms with Gasteiger partial charge in [-0.25, -0.2) is 4.39 Å². The zero-order chi connectivity index (χ0) is 18.9. The van der Waals surface area contributed by atoms with Gasteiger partial charge in [-0.15, -0.1) is 0 Å². The first-order chi connectivity index (χ1) is 12.2. The Balaban J connectivity index is 1.77. The first-order valence-corrected chi connectivity index (χ1v) is 7.48. The summed E-state index contributed by atoms with van der Waals surface area (Å²) in [5.41, 5.74) is 2.09. The molecule has 3 aromatic rings. The molecule has 0 aliphatic carbocycles. The van der Waals surface area contributed by atoms with E-state index in [0.717, 1.165) is 6.07 Å². The predicted octanol–water partition coefficient (Wildman–Crippen LogP) is 4.91. The average Bonchev–Trinajstić information content (AvgIpc) is 3.00. The van der Waals surface area contributed by atoms with Gasteiger partial charge in [-0.2, -0.15) is 18.3 Å². The van der Waals surface area contributed by atoms with Crippen LogP contribution in [-0.2, 0) is 0 Å². The second-order valence-corrected chi connectivity index (χ2v) is 5.61. The highest BCUT2D eigenvalue weighted by Gasteiger charge is 2.27. The third kappa shape index (κ3) is 4.05. The number of nitrogens with one attached hydrogen (secondary N) is 3. The maximum Gasteiger partial charge on any atom is 0.482 e. The molecule has 3 rings (SSSR count). The summed E-state index contributed by atoms with van der Waals surface area (Å²) in [6.07, 6.45) is -4.50. The molecular formula is C17H14F4N4O. The van der Waals surface area contributed by atoms with Crippen LogP contribution < -0.4 is 10.6 Å². The number of halogens is 4. The molecule has 0 amide bonds. The van der Waals surface area contributed by atoms with E-state index in [2.05, 4.69) is 15.5 Å². The number of benzene rings is 2. The maximum atomic E-state index is 13.4. The zero-order valence-electron chi connectivity index (χ0n) is 13.4. The number of aromatic hydroxyl groups is 1. The molecule has 0 aliphatic rings. The minimum atomic E-state index is -4.50. The number of hydrogen-bond acceptors (Lipinski definition) is 4. The predicted molar refractivity (Wildman–Crippen MR) is 89.8 cm³/mol. The molecule has 2 aromatic carbocycles. The van der Waals surface area contributed by atoms with Gasteiger partial charge in [-0.05, 0) is 48.9 Å². The van der Waals surface area contributed by atoms with Crippen molar-refractivity contribution in [3.8, 4) is 17.0 Å². The van der Waals surface area contributed by atoms with Gasteiger partial charge in [0.1, 0.15) is 0 Å². The van der Waals surface area contributed by atoms with Gasteiger partial charge in [0.15, 0.2) is 17.4 Å². The van der Waals surface area contributed by atoms with E-state index in [1.165, 1.54) is 35.6 Å². The molecule has 136 valence electrons. The van der Waals surface area contributed by atoms with Gasteiger partial charge in [0.05, 0.1) is 5.69 Å². The highest BCUT2D eigenvalue weighted by molar-refractivity contribution is 5.69. The van der Waals surface area contributed by atoms with Crippen molar-refractivity contribution in [3.63, 3.8) is 0 Å². The number of phenols is 1. The second-order valence-electron chi connectivity index (χ2n) is 5.61. The van der Waals surface area contributed by atoms with Crippen molar-refractivity contribution in [2.45, 2.75) is 13.2 Å². The fourth-order valence-corrected chi connectivity index (χ4v) is 2.39. The number of nitrogens with zero attached hydrogens (tertiary/aromatic N) is 1. The number of aromatic nitrogens is 2. The van der Waals surface area contributed by atoms with Crippen LogP contribution in [-0.4, -0.2) is 21.6 Å². The van der Waals surface area contributed by atoms with Crippen molar-refractivity contribution in [2.75, 3.05) is 10.6 Å². The Morgan fingerprint density at radius 3 is 2.50 bits per heavy atom. The van der Waals surface area contributed by atoms with Crippen LogP contribution in [0.4, 0.5) is 34.8 Å². The van der Waals surface area contributed by atoms with Gasteiger partial charge in [0, 0.05) is 23.0 Å². The van der Waals surface area contributed by atoms with Gasteiger partial charge >= 0.3 is 6.30 Å². The lowest BCUT2D eigenvalue weighted by Crippen LogP contribution is -2.20. The fourth-order valence-electron chi connectivity index (χ4n) is 2.39. The normalized spacial score (nSPS) is 11.4. The lowest BCUT2D eigenvalue weighted by atomic mass is 10.1. The molecule has 0 aliphatic heterocycles. The molecule has 0 radical (unpaired) electrons. The number of phenolic OH excluding ortho intramolecular Hbond substituents is 1. The molecule has 0 unspecified atom stereocenters. The topological polar surface area (TPSA) is 73.0 Å². The summed E-state index contributed by atoms with van der Waals surface area (Å²) < 4.78 is 50.5. The Labute approximate surface area is 145 Å². The summed E-state index contributed by atoms with van der Waals surface area (Å²) in [5, 5.41) is 20.4. The van der Waals surface area contributed by atoms with Gasteiger partial charge in [-0.1, -0.05) is 0 Å². The van der Waals surface area contributed by atoms with Crippen LogP contribution in [0.25, 0.3) is 11.3 Å². The number of hydrogen-bond donors (Lipinski definition) is 4. The van der Waals surface area contributed by atoms with Crippen molar-refractivity contribution in [1.82, 2.24) is 10.2 Å². The molecule has 9 heteroatoms. The largest absolute Gasteiger partial charge is 0.505 e. The smallest absolute Gasteiger partial charge is 0.482 e. The van der Waals surface area contributed by atoms with Crippen molar-refractivity contribution >= 4 is 17.2 Å². The number of H-pyrrole nitrogens is 1. The van der Waals surface area contributed by atoms with E-state index >= 15 is 0 Å². The lowest BCUT2D eigenvalue weighted by Gasteiger charge is -2.13. The third-order valence-electron chi connectivity index (χ3n) is 3.61. The van der Waals surface area contributed by atoms with E-state index < -0.39 is 17.9 Å². The third-order valence-corrected chi connectivity index (χ3v) is 3.61. The van der Waals surface area contributed by atoms with Gasteiger partial charge < -0.3 is 10.4 Å². The van der Waals surface area contributed by atoms with Crippen LogP contribution >= 0.6 is 0 Å². The summed E-state index contributed by atoms with van der Waals surface area (Å²) >= 11 is 0. The molecule has 0 spiro atoms. The number of alkyl halides is 3. The quantitative estimate of drug-likeness (QED) is 0.391. The van der Waals surface area contributed by atoms with Crippen LogP contribution in [0.5, 0.6) is 5.75 Å². The van der Waals surface area contributed by atoms with Gasteiger partial charge in [0.25, 0.3) is 0 Å². The summed E-state index contributed by atoms with van der Waals surface area (Å²) in [5.74, 6) is -0.793. The Bertz CT molecular complexity index is 937. The maximum absolute atomic E-state index is 13.4. The first-order valence-electron chi connectivity index (χ1n) is 7.48. The van der Waals surface area contributed by atoms with E-state index in [-0.39, 0.29) is 5.69 Å². The van der Waals surface area contributed by atoms with Crippen molar-refractivity contribution in [2.24, 2.45) is 0 Å². The number of anilines is 3. The Hall–Kier alpha value is -3.23. The monoisotopic (exact) mass is 366 g/mol. The molecular weight excluding hydrogens is 352 g/mol. The first kappa shape index (κ1) is 17.6. The summed E-state index contributed by atoms with van der Waals surface area (Å²) in [4.78, 5) is 0. The van der Waals surface area contributed by atoms with E-state index in [0.29, 0.717) is 28.3 Å². The van der Waals surface area contributed by atoms with Gasteiger partial charge in [-0.3, -0.25) is 10.4 Å². The molecule has 1 heterocycles. The van der Waals surface area contributed by atoms with Crippen molar-refractivity contribution in [3.05, 3.63) is 53.8 Å². The molecule has 4 N–H and O–H groups in total. The van der Waals surface area contributed by atoms with Crippen molar-refractivity contribution < 1.29 is 22.7 Å². The fraction of sp³-hybridized carbons (Fsp3) is 0.118. The van der Waals surface area contributed by atoms with Gasteiger partial charge in [0.2, 0.25) is 0 Å². The molecule has 0 saturated heterocycles. The molecule has 1 aromatic heterocycles. The van der Waals surface area contributed by atoms with Crippen LogP contribution in [0.3, 0.4) is 0 Å². The minimum Gasteiger partial charge on any atom is -0.505 e. The summed E-state index contributed by atoms with van der Waals surface area (Å²) in [6.45, 7) is 1.66. The second kappa shape index (κ2) is 6.58. The van der Waals surface area contributed by atoms with Crippen LogP contribution in [0.2, 0.25) is 0 Å².